The molecule has 7 nitrogen and oxygen atoms in total. The topological polar surface area (TPSA) is 118 Å². The van der Waals surface area contributed by atoms with Crippen LogP contribution in [0.3, 0.4) is 0 Å². The van der Waals surface area contributed by atoms with Crippen LogP contribution in [-0.4, -0.2) is 31.4 Å². The number of benzene rings is 2. The first kappa shape index (κ1) is 24.1. The first-order valence-corrected chi connectivity index (χ1v) is 12.4. The van der Waals surface area contributed by atoms with Crippen LogP contribution in [0.25, 0.3) is 0 Å². The fourth-order valence-electron chi connectivity index (χ4n) is 4.35. The first-order chi connectivity index (χ1) is 15.2. The third kappa shape index (κ3) is 5.81. The Hall–Kier alpha value is -2.58. The number of hydrogen-bond acceptors (Lipinski definition) is 4. The van der Waals surface area contributed by atoms with Crippen molar-refractivity contribution in [2.45, 2.75) is 55.9 Å². The van der Waals surface area contributed by atoms with Crippen molar-refractivity contribution in [2.75, 3.05) is 4.31 Å². The van der Waals surface area contributed by atoms with Gasteiger partial charge in [0.05, 0.1) is 23.0 Å². The predicted octanol–water partition coefficient (Wildman–Crippen LogP) is 3.99. The Kier molecular flexibility index (Phi) is 7.79. The number of sulfonamides is 1. The molecule has 1 aliphatic carbocycles. The van der Waals surface area contributed by atoms with Crippen LogP contribution in [0.15, 0.2) is 53.4 Å². The van der Waals surface area contributed by atoms with E-state index < -0.39 is 27.9 Å². The second-order valence-corrected chi connectivity index (χ2v) is 10.4. The molecule has 1 amide bonds. The summed E-state index contributed by atoms with van der Waals surface area (Å²) in [5, 5.41) is 9.32. The molecule has 1 fully saturated rings. The second-order valence-electron chi connectivity index (χ2n) is 8.13. The molecule has 32 heavy (non-hydrogen) atoms. The van der Waals surface area contributed by atoms with E-state index in [0.29, 0.717) is 11.3 Å². The number of carbonyl (C=O) groups is 2. The number of nitrogens with zero attached hydrogens (tertiary/aromatic N) is 1. The van der Waals surface area contributed by atoms with Crippen LogP contribution in [-0.2, 0) is 26.0 Å². The van der Waals surface area contributed by atoms with Gasteiger partial charge in [0.1, 0.15) is 0 Å². The molecule has 0 heterocycles. The Bertz CT molecular complexity index is 1070. The van der Waals surface area contributed by atoms with Gasteiger partial charge in [-0.1, -0.05) is 49.1 Å². The van der Waals surface area contributed by atoms with Gasteiger partial charge in [-0.05, 0) is 54.7 Å². The SMILES string of the molecule is NC(=O)CC(C1CCCCC1)N(c1ccc(CC(=O)O)cc1)S(=O)(=O)c1cccc(Cl)c1. The standard InChI is InChI=1S/C23H27ClN2O5S/c24-18-7-4-8-20(14-18)32(30,31)26(19-11-9-16(10-12-19)13-23(28)29)21(15-22(25)27)17-5-2-1-3-6-17/h4,7-12,14,17,21H,1-3,5-6,13,15H2,(H2,25,27)(H,28,29). The maximum absolute atomic E-state index is 13.8. The molecule has 1 saturated carbocycles. The number of primary amides is 1. The normalized spacial score (nSPS) is 15.8. The number of carbonyl (C=O) groups excluding carboxylic acids is 1. The van der Waals surface area contributed by atoms with E-state index in [9.17, 15) is 18.0 Å². The van der Waals surface area contributed by atoms with Gasteiger partial charge in [0.2, 0.25) is 5.91 Å². The predicted molar refractivity (Wildman–Crippen MR) is 123 cm³/mol. The van der Waals surface area contributed by atoms with Crippen LogP contribution in [0.1, 0.15) is 44.1 Å². The highest BCUT2D eigenvalue weighted by atomic mass is 35.5. The van der Waals surface area contributed by atoms with E-state index in [2.05, 4.69) is 0 Å². The van der Waals surface area contributed by atoms with Gasteiger partial charge in [-0.15, -0.1) is 0 Å². The van der Waals surface area contributed by atoms with Gasteiger partial charge in [0.25, 0.3) is 10.0 Å². The number of halogens is 1. The monoisotopic (exact) mass is 478 g/mol. The lowest BCUT2D eigenvalue weighted by atomic mass is 9.82. The number of carboxylic acids is 1. The Morgan fingerprint density at radius 1 is 1.09 bits per heavy atom. The van der Waals surface area contributed by atoms with Gasteiger partial charge >= 0.3 is 5.97 Å². The molecule has 172 valence electrons. The van der Waals surface area contributed by atoms with E-state index >= 15 is 0 Å². The molecule has 0 saturated heterocycles. The maximum Gasteiger partial charge on any atom is 0.307 e. The van der Waals surface area contributed by atoms with Crippen LogP contribution < -0.4 is 10.0 Å². The zero-order valence-electron chi connectivity index (χ0n) is 17.6. The molecule has 1 aliphatic rings. The molecule has 3 N–H and O–H groups in total. The lowest BCUT2D eigenvalue weighted by Gasteiger charge is -2.39. The maximum atomic E-state index is 13.8. The number of hydrogen-bond donors (Lipinski definition) is 2. The Morgan fingerprint density at radius 2 is 1.75 bits per heavy atom. The number of rotatable bonds is 9. The average molecular weight is 479 g/mol. The molecule has 0 aliphatic heterocycles. The summed E-state index contributed by atoms with van der Waals surface area (Å²) in [6.07, 6.45) is 4.32. The summed E-state index contributed by atoms with van der Waals surface area (Å²) in [5.74, 6) is -1.58. The zero-order chi connectivity index (χ0) is 23.3. The molecule has 9 heteroatoms. The van der Waals surface area contributed by atoms with Gasteiger partial charge < -0.3 is 10.8 Å². The number of amides is 1. The van der Waals surface area contributed by atoms with Crippen molar-refractivity contribution in [3.63, 3.8) is 0 Å². The Morgan fingerprint density at radius 3 is 2.31 bits per heavy atom. The minimum absolute atomic E-state index is 0.0184. The van der Waals surface area contributed by atoms with Crippen LogP contribution in [0.2, 0.25) is 5.02 Å². The Labute approximate surface area is 193 Å². The van der Waals surface area contributed by atoms with Gasteiger partial charge in [0, 0.05) is 11.4 Å². The van der Waals surface area contributed by atoms with Crippen molar-refractivity contribution in [1.29, 1.82) is 0 Å². The van der Waals surface area contributed by atoms with Crippen molar-refractivity contribution in [1.82, 2.24) is 0 Å². The van der Waals surface area contributed by atoms with Crippen LogP contribution in [0.4, 0.5) is 5.69 Å². The third-order valence-corrected chi connectivity index (χ3v) is 7.89. The van der Waals surface area contributed by atoms with Crippen LogP contribution in [0.5, 0.6) is 0 Å². The molecule has 1 unspecified atom stereocenters. The zero-order valence-corrected chi connectivity index (χ0v) is 19.2. The van der Waals surface area contributed by atoms with E-state index in [1.54, 1.807) is 36.4 Å². The number of anilines is 1. The largest absolute Gasteiger partial charge is 0.481 e. The fraction of sp³-hybridized carbons (Fsp3) is 0.391. The van der Waals surface area contributed by atoms with Gasteiger partial charge in [-0.3, -0.25) is 13.9 Å². The quantitative estimate of drug-likeness (QED) is 0.565. The van der Waals surface area contributed by atoms with Gasteiger partial charge in [0.15, 0.2) is 0 Å². The van der Waals surface area contributed by atoms with Gasteiger partial charge in [-0.25, -0.2) is 8.42 Å². The molecule has 0 aromatic heterocycles. The van der Waals surface area contributed by atoms with Crippen LogP contribution in [0, 0.1) is 5.92 Å². The number of carboxylic acid groups (broad SMARTS) is 1. The number of aliphatic carboxylic acids is 1. The van der Waals surface area contributed by atoms with E-state index in [0.717, 1.165) is 32.1 Å². The van der Waals surface area contributed by atoms with Crippen molar-refractivity contribution in [3.8, 4) is 0 Å². The van der Waals surface area contributed by atoms with Crippen molar-refractivity contribution >= 4 is 39.2 Å². The first-order valence-electron chi connectivity index (χ1n) is 10.6. The summed E-state index contributed by atoms with van der Waals surface area (Å²) < 4.78 is 29.0. The summed E-state index contributed by atoms with van der Waals surface area (Å²) >= 11 is 6.07. The second kappa shape index (κ2) is 10.4. The molecule has 0 spiro atoms. The highest BCUT2D eigenvalue weighted by molar-refractivity contribution is 7.92. The summed E-state index contributed by atoms with van der Waals surface area (Å²) in [6.45, 7) is 0. The molecule has 0 bridgehead atoms. The minimum atomic E-state index is -4.08. The molecular weight excluding hydrogens is 452 g/mol. The molecule has 2 aromatic carbocycles. The van der Waals surface area contributed by atoms with E-state index in [4.69, 9.17) is 22.4 Å². The molecule has 1 atom stereocenters. The van der Waals surface area contributed by atoms with Crippen molar-refractivity contribution in [2.24, 2.45) is 11.7 Å². The minimum Gasteiger partial charge on any atom is -0.481 e. The third-order valence-electron chi connectivity index (χ3n) is 5.80. The summed E-state index contributed by atoms with van der Waals surface area (Å²) in [6, 6.07) is 11.7. The number of nitrogens with two attached hydrogens (primary N) is 1. The Balaban J connectivity index is 2.12. The smallest absolute Gasteiger partial charge is 0.307 e. The lowest BCUT2D eigenvalue weighted by Crippen LogP contribution is -2.47. The van der Waals surface area contributed by atoms with E-state index in [1.165, 1.54) is 16.4 Å². The molecule has 0 radical (unpaired) electrons. The molecule has 3 rings (SSSR count). The van der Waals surface area contributed by atoms with Crippen molar-refractivity contribution in [3.05, 3.63) is 59.1 Å². The van der Waals surface area contributed by atoms with E-state index in [-0.39, 0.29) is 28.7 Å². The molecule has 2 aromatic rings. The summed E-state index contributed by atoms with van der Waals surface area (Å²) in [7, 11) is -4.08. The summed E-state index contributed by atoms with van der Waals surface area (Å²) in [5.41, 5.74) is 6.46. The highest BCUT2D eigenvalue weighted by Gasteiger charge is 2.38. The fourth-order valence-corrected chi connectivity index (χ4v) is 6.36. The van der Waals surface area contributed by atoms with E-state index in [1.807, 2.05) is 0 Å². The van der Waals surface area contributed by atoms with Crippen LogP contribution >= 0.6 is 11.6 Å². The van der Waals surface area contributed by atoms with Crippen molar-refractivity contribution < 1.29 is 23.1 Å². The summed E-state index contributed by atoms with van der Waals surface area (Å²) in [4.78, 5) is 23.0. The average Bonchev–Trinajstić information content (AvgIpc) is 2.74. The van der Waals surface area contributed by atoms with Gasteiger partial charge in [-0.2, -0.15) is 0 Å². The highest BCUT2D eigenvalue weighted by Crippen LogP contribution is 2.37. The molecular formula is C23H27ClN2O5S. The lowest BCUT2D eigenvalue weighted by molar-refractivity contribution is -0.136.